The minimum absolute atomic E-state index is 0.766. The van der Waals surface area contributed by atoms with E-state index < -0.39 is 0 Å². The second-order valence-electron chi connectivity index (χ2n) is 4.94. The van der Waals surface area contributed by atoms with Crippen molar-refractivity contribution in [3.05, 3.63) is 18.3 Å². The number of likely N-dealkylation sites (tertiary alicyclic amines) is 1. The number of nitrogens with one attached hydrogen (secondary N) is 1. The molecule has 0 atom stereocenters. The van der Waals surface area contributed by atoms with Crippen LogP contribution in [0.5, 0.6) is 0 Å². The molecule has 0 saturated carbocycles. The lowest BCUT2D eigenvalue weighted by Gasteiger charge is -2.28. The highest BCUT2D eigenvalue weighted by Crippen LogP contribution is 2.19. The van der Waals surface area contributed by atoms with Gasteiger partial charge in [-0.15, -0.1) is 0 Å². The van der Waals surface area contributed by atoms with Crippen LogP contribution < -0.4 is 11.1 Å². The molecule has 2 rings (SSSR count). The van der Waals surface area contributed by atoms with Crippen molar-refractivity contribution < 1.29 is 0 Å². The molecular formula is C13H22N4. The Balaban J connectivity index is 1.69. The number of nitrogens with two attached hydrogens (primary N) is 1. The Labute approximate surface area is 103 Å². The lowest BCUT2D eigenvalue weighted by Crippen LogP contribution is -2.30. The van der Waals surface area contributed by atoms with E-state index in [-0.39, 0.29) is 0 Å². The van der Waals surface area contributed by atoms with E-state index >= 15 is 0 Å². The maximum absolute atomic E-state index is 5.70. The average molecular weight is 234 g/mol. The molecule has 0 radical (unpaired) electrons. The van der Waals surface area contributed by atoms with Crippen LogP contribution in [0.2, 0.25) is 0 Å². The zero-order valence-electron chi connectivity index (χ0n) is 10.5. The van der Waals surface area contributed by atoms with Gasteiger partial charge in [0.25, 0.3) is 0 Å². The molecule has 2 heterocycles. The zero-order chi connectivity index (χ0) is 12.1. The molecule has 17 heavy (non-hydrogen) atoms. The summed E-state index contributed by atoms with van der Waals surface area (Å²) in [6.45, 7) is 3.47. The van der Waals surface area contributed by atoms with Crippen LogP contribution in [0.15, 0.2) is 18.3 Å². The van der Waals surface area contributed by atoms with Crippen molar-refractivity contribution in [2.24, 2.45) is 5.92 Å². The van der Waals surface area contributed by atoms with Gasteiger partial charge in [0, 0.05) is 24.5 Å². The summed E-state index contributed by atoms with van der Waals surface area (Å²) in [4.78, 5) is 6.64. The van der Waals surface area contributed by atoms with E-state index in [1.807, 2.05) is 12.1 Å². The van der Waals surface area contributed by atoms with E-state index in [4.69, 9.17) is 5.73 Å². The van der Waals surface area contributed by atoms with E-state index in [2.05, 4.69) is 22.2 Å². The van der Waals surface area contributed by atoms with Gasteiger partial charge in [-0.2, -0.15) is 0 Å². The fourth-order valence-corrected chi connectivity index (χ4v) is 2.30. The molecule has 4 nitrogen and oxygen atoms in total. The quantitative estimate of drug-likeness (QED) is 0.834. The van der Waals surface area contributed by atoms with Crippen LogP contribution in [0.3, 0.4) is 0 Å². The number of hydrogen-bond acceptors (Lipinski definition) is 4. The summed E-state index contributed by atoms with van der Waals surface area (Å²) in [7, 11) is 2.20. The monoisotopic (exact) mass is 234 g/mol. The van der Waals surface area contributed by atoms with Crippen LogP contribution in [0.25, 0.3) is 0 Å². The van der Waals surface area contributed by atoms with Gasteiger partial charge in [-0.25, -0.2) is 4.98 Å². The SMILES string of the molecule is CN1CCC(CCNc2cc(N)ccn2)CC1. The first-order valence-electron chi connectivity index (χ1n) is 6.38. The van der Waals surface area contributed by atoms with E-state index in [1.165, 1.54) is 32.4 Å². The van der Waals surface area contributed by atoms with Crippen molar-refractivity contribution >= 4 is 11.5 Å². The lowest BCUT2D eigenvalue weighted by atomic mass is 9.94. The van der Waals surface area contributed by atoms with Gasteiger partial charge in [0.05, 0.1) is 0 Å². The summed E-state index contributed by atoms with van der Waals surface area (Å²) in [5.74, 6) is 1.75. The first kappa shape index (κ1) is 12.2. The largest absolute Gasteiger partial charge is 0.399 e. The second-order valence-corrected chi connectivity index (χ2v) is 4.94. The highest BCUT2D eigenvalue weighted by atomic mass is 15.1. The third-order valence-electron chi connectivity index (χ3n) is 3.48. The topological polar surface area (TPSA) is 54.2 Å². The molecule has 3 N–H and O–H groups in total. The van der Waals surface area contributed by atoms with Gasteiger partial charge < -0.3 is 16.0 Å². The predicted octanol–water partition coefficient (Wildman–Crippen LogP) is 1.81. The van der Waals surface area contributed by atoms with Crippen molar-refractivity contribution in [3.8, 4) is 0 Å². The number of pyridine rings is 1. The predicted molar refractivity (Wildman–Crippen MR) is 72.0 cm³/mol. The molecule has 1 saturated heterocycles. The normalized spacial score (nSPS) is 18.2. The Morgan fingerprint density at radius 3 is 2.94 bits per heavy atom. The molecule has 1 aromatic rings. The van der Waals surface area contributed by atoms with Crippen molar-refractivity contribution in [1.29, 1.82) is 0 Å². The maximum Gasteiger partial charge on any atom is 0.127 e. The Kier molecular flexibility index (Phi) is 4.20. The summed E-state index contributed by atoms with van der Waals surface area (Å²) >= 11 is 0. The smallest absolute Gasteiger partial charge is 0.127 e. The van der Waals surface area contributed by atoms with Gasteiger partial charge in [0.1, 0.15) is 5.82 Å². The average Bonchev–Trinajstić information content (AvgIpc) is 2.32. The molecule has 4 heteroatoms. The van der Waals surface area contributed by atoms with Crippen LogP contribution in [-0.4, -0.2) is 36.6 Å². The van der Waals surface area contributed by atoms with Crippen molar-refractivity contribution in [1.82, 2.24) is 9.88 Å². The molecule has 94 valence electrons. The summed E-state index contributed by atoms with van der Waals surface area (Å²) in [5.41, 5.74) is 6.47. The van der Waals surface area contributed by atoms with E-state index in [9.17, 15) is 0 Å². The number of hydrogen-bond donors (Lipinski definition) is 2. The molecule has 1 aliphatic heterocycles. The van der Waals surface area contributed by atoms with Gasteiger partial charge in [-0.1, -0.05) is 0 Å². The van der Waals surface area contributed by atoms with Crippen LogP contribution in [0.1, 0.15) is 19.3 Å². The van der Waals surface area contributed by atoms with Crippen molar-refractivity contribution in [2.45, 2.75) is 19.3 Å². The lowest BCUT2D eigenvalue weighted by molar-refractivity contribution is 0.215. The van der Waals surface area contributed by atoms with Gasteiger partial charge in [-0.05, 0) is 51.4 Å². The van der Waals surface area contributed by atoms with Gasteiger partial charge in [-0.3, -0.25) is 0 Å². The summed E-state index contributed by atoms with van der Waals surface area (Å²) < 4.78 is 0. The number of nitrogens with zero attached hydrogens (tertiary/aromatic N) is 2. The van der Waals surface area contributed by atoms with Crippen LogP contribution in [0, 0.1) is 5.92 Å². The molecule has 1 aromatic heterocycles. The maximum atomic E-state index is 5.70. The summed E-state index contributed by atoms with van der Waals surface area (Å²) in [6.07, 6.45) is 5.61. The second kappa shape index (κ2) is 5.87. The van der Waals surface area contributed by atoms with Gasteiger partial charge >= 0.3 is 0 Å². The summed E-state index contributed by atoms with van der Waals surface area (Å²) in [5, 5.41) is 3.34. The molecule has 1 aliphatic rings. The Morgan fingerprint density at radius 2 is 2.24 bits per heavy atom. The molecule has 0 aromatic carbocycles. The third-order valence-corrected chi connectivity index (χ3v) is 3.48. The highest BCUT2D eigenvalue weighted by Gasteiger charge is 2.15. The van der Waals surface area contributed by atoms with E-state index in [1.54, 1.807) is 6.20 Å². The molecule has 0 amide bonds. The van der Waals surface area contributed by atoms with Crippen molar-refractivity contribution in [3.63, 3.8) is 0 Å². The Morgan fingerprint density at radius 1 is 1.47 bits per heavy atom. The van der Waals surface area contributed by atoms with Gasteiger partial charge in [0.15, 0.2) is 0 Å². The highest BCUT2D eigenvalue weighted by molar-refractivity contribution is 5.48. The number of anilines is 2. The molecular weight excluding hydrogens is 212 g/mol. The van der Waals surface area contributed by atoms with Crippen LogP contribution in [0.4, 0.5) is 11.5 Å². The van der Waals surface area contributed by atoms with E-state index in [0.717, 1.165) is 24.0 Å². The fraction of sp³-hybridized carbons (Fsp3) is 0.615. The number of aromatic nitrogens is 1. The Hall–Kier alpha value is -1.29. The van der Waals surface area contributed by atoms with Gasteiger partial charge in [0.2, 0.25) is 0 Å². The van der Waals surface area contributed by atoms with E-state index in [0.29, 0.717) is 0 Å². The Bertz CT molecular complexity index is 345. The standard InChI is InChI=1S/C13H22N4/c1-17-8-4-11(5-9-17)2-6-15-13-10-12(14)3-7-16-13/h3,7,10-11H,2,4-6,8-9H2,1H3,(H3,14,15,16). The molecule has 1 fully saturated rings. The van der Waals surface area contributed by atoms with Crippen molar-refractivity contribution in [2.75, 3.05) is 37.7 Å². The molecule has 0 aliphatic carbocycles. The zero-order valence-corrected chi connectivity index (χ0v) is 10.5. The van der Waals surface area contributed by atoms with Crippen LogP contribution in [-0.2, 0) is 0 Å². The number of nitrogen functional groups attached to an aromatic ring is 1. The number of rotatable bonds is 4. The molecule has 0 spiro atoms. The minimum atomic E-state index is 0.766. The van der Waals surface area contributed by atoms with Crippen LogP contribution >= 0.6 is 0 Å². The summed E-state index contributed by atoms with van der Waals surface area (Å²) in [6, 6.07) is 3.69. The third kappa shape index (κ3) is 3.89. The minimum Gasteiger partial charge on any atom is -0.399 e. The molecule has 0 bridgehead atoms. The fourth-order valence-electron chi connectivity index (χ4n) is 2.30. The molecule has 0 unspecified atom stereocenters. The first-order valence-corrected chi connectivity index (χ1v) is 6.38. The number of piperidine rings is 1. The first-order chi connectivity index (χ1) is 8.24.